The van der Waals surface area contributed by atoms with E-state index < -0.39 is 0 Å². The Hall–Kier alpha value is -1.76. The third-order valence-electron chi connectivity index (χ3n) is 7.04. The van der Waals surface area contributed by atoms with Crippen LogP contribution in [0.15, 0.2) is 17.4 Å². The van der Waals surface area contributed by atoms with E-state index in [0.717, 1.165) is 32.1 Å². The standard InChI is InChI=1S/C21H36N6O/c1-4-28-19-12-18(21(19)9-5-6-10-21)25-20(22-2)24-16-8-7-11-27(14-16)17-13-23-26(3)15-17/h13,15-16,18-19H,4-12,14H2,1-3H3,(H2,22,24,25). The van der Waals surface area contributed by atoms with Crippen LogP contribution in [-0.2, 0) is 11.8 Å². The molecule has 3 atom stereocenters. The first kappa shape index (κ1) is 19.6. The zero-order valence-electron chi connectivity index (χ0n) is 17.7. The summed E-state index contributed by atoms with van der Waals surface area (Å²) in [6, 6.07) is 0.887. The van der Waals surface area contributed by atoms with Gasteiger partial charge in [0.1, 0.15) is 0 Å². The van der Waals surface area contributed by atoms with Gasteiger partial charge in [-0.25, -0.2) is 0 Å². The lowest BCUT2D eigenvalue weighted by atomic mass is 9.60. The number of guanidine groups is 1. The number of ether oxygens (including phenoxy) is 1. The fourth-order valence-electron chi connectivity index (χ4n) is 5.52. The highest BCUT2D eigenvalue weighted by Crippen LogP contribution is 2.54. The van der Waals surface area contributed by atoms with Crippen molar-refractivity contribution in [3.8, 4) is 0 Å². The monoisotopic (exact) mass is 388 g/mol. The molecule has 2 saturated carbocycles. The zero-order chi connectivity index (χ0) is 19.6. The van der Waals surface area contributed by atoms with Gasteiger partial charge in [-0.1, -0.05) is 12.8 Å². The van der Waals surface area contributed by atoms with Crippen LogP contribution in [-0.4, -0.2) is 60.7 Å². The summed E-state index contributed by atoms with van der Waals surface area (Å²) in [7, 11) is 3.86. The molecule has 1 aromatic rings. The summed E-state index contributed by atoms with van der Waals surface area (Å²) in [5.41, 5.74) is 1.53. The van der Waals surface area contributed by atoms with Gasteiger partial charge in [0.05, 0.1) is 18.0 Å². The minimum atomic E-state index is 0.321. The predicted molar refractivity (Wildman–Crippen MR) is 113 cm³/mol. The van der Waals surface area contributed by atoms with E-state index in [1.807, 2.05) is 25.0 Å². The highest BCUT2D eigenvalue weighted by Gasteiger charge is 2.57. The van der Waals surface area contributed by atoms with Crippen LogP contribution < -0.4 is 15.5 Å². The molecule has 3 unspecified atom stereocenters. The molecular formula is C21H36N6O. The third kappa shape index (κ3) is 3.73. The van der Waals surface area contributed by atoms with E-state index in [9.17, 15) is 0 Å². The summed E-state index contributed by atoms with van der Waals surface area (Å²) in [6.45, 7) is 5.01. The van der Waals surface area contributed by atoms with Crippen molar-refractivity contribution in [3.63, 3.8) is 0 Å². The van der Waals surface area contributed by atoms with Crippen molar-refractivity contribution in [1.29, 1.82) is 0 Å². The zero-order valence-corrected chi connectivity index (χ0v) is 17.7. The molecular weight excluding hydrogens is 352 g/mol. The predicted octanol–water partition coefficient (Wildman–Crippen LogP) is 2.29. The molecule has 156 valence electrons. The Kier molecular flexibility index (Phi) is 5.80. The number of nitrogens with zero attached hydrogens (tertiary/aromatic N) is 4. The molecule has 4 rings (SSSR count). The smallest absolute Gasteiger partial charge is 0.191 e. The van der Waals surface area contributed by atoms with E-state index in [1.165, 1.54) is 44.2 Å². The van der Waals surface area contributed by atoms with Crippen LogP contribution in [0.3, 0.4) is 0 Å². The van der Waals surface area contributed by atoms with Gasteiger partial charge in [-0.3, -0.25) is 9.67 Å². The first-order chi connectivity index (χ1) is 13.6. The third-order valence-corrected chi connectivity index (χ3v) is 7.04. The molecule has 0 aromatic carbocycles. The highest BCUT2D eigenvalue weighted by atomic mass is 16.5. The Balaban J connectivity index is 1.35. The molecule has 3 aliphatic rings. The molecule has 2 N–H and O–H groups in total. The molecule has 28 heavy (non-hydrogen) atoms. The highest BCUT2D eigenvalue weighted by molar-refractivity contribution is 5.80. The quantitative estimate of drug-likeness (QED) is 0.598. The Morgan fingerprint density at radius 3 is 2.82 bits per heavy atom. The van der Waals surface area contributed by atoms with E-state index in [4.69, 9.17) is 4.74 Å². The van der Waals surface area contributed by atoms with Gasteiger partial charge in [-0.05, 0) is 39.0 Å². The van der Waals surface area contributed by atoms with E-state index in [0.29, 0.717) is 23.6 Å². The number of aliphatic imine (C=N–C) groups is 1. The fourth-order valence-corrected chi connectivity index (χ4v) is 5.52. The number of aromatic nitrogens is 2. The summed E-state index contributed by atoms with van der Waals surface area (Å²) >= 11 is 0. The normalized spacial score (nSPS) is 29.8. The molecule has 1 spiro atoms. The second-order valence-electron chi connectivity index (χ2n) is 8.69. The molecule has 2 heterocycles. The van der Waals surface area contributed by atoms with Gasteiger partial charge in [-0.2, -0.15) is 5.10 Å². The van der Waals surface area contributed by atoms with Crippen molar-refractivity contribution in [1.82, 2.24) is 20.4 Å². The molecule has 1 saturated heterocycles. The first-order valence-electron chi connectivity index (χ1n) is 11.0. The van der Waals surface area contributed by atoms with Crippen molar-refractivity contribution in [2.45, 2.75) is 70.1 Å². The number of anilines is 1. The topological polar surface area (TPSA) is 66.7 Å². The molecule has 7 heteroatoms. The number of nitrogens with one attached hydrogen (secondary N) is 2. The summed E-state index contributed by atoms with van der Waals surface area (Å²) in [5, 5.41) is 11.8. The minimum absolute atomic E-state index is 0.321. The molecule has 7 nitrogen and oxygen atoms in total. The number of aryl methyl sites for hydroxylation is 1. The molecule has 0 bridgehead atoms. The summed E-state index contributed by atoms with van der Waals surface area (Å²) in [4.78, 5) is 6.98. The summed E-state index contributed by atoms with van der Waals surface area (Å²) < 4.78 is 7.94. The Labute approximate surface area is 168 Å². The van der Waals surface area contributed by atoms with Gasteiger partial charge in [0.15, 0.2) is 5.96 Å². The van der Waals surface area contributed by atoms with Gasteiger partial charge < -0.3 is 20.3 Å². The summed E-state index contributed by atoms with van der Waals surface area (Å²) in [6.07, 6.45) is 13.2. The van der Waals surface area contributed by atoms with Crippen LogP contribution >= 0.6 is 0 Å². The Bertz CT molecular complexity index is 680. The van der Waals surface area contributed by atoms with E-state index >= 15 is 0 Å². The molecule has 3 fully saturated rings. The second-order valence-corrected chi connectivity index (χ2v) is 8.69. The fraction of sp³-hybridized carbons (Fsp3) is 0.810. The lowest BCUT2D eigenvalue weighted by Crippen LogP contribution is -2.66. The van der Waals surface area contributed by atoms with E-state index in [2.05, 4.69) is 38.7 Å². The maximum atomic E-state index is 6.06. The van der Waals surface area contributed by atoms with Crippen molar-refractivity contribution >= 4 is 11.6 Å². The van der Waals surface area contributed by atoms with Crippen LogP contribution in [0, 0.1) is 5.41 Å². The van der Waals surface area contributed by atoms with Crippen LogP contribution in [0.2, 0.25) is 0 Å². The largest absolute Gasteiger partial charge is 0.378 e. The average Bonchev–Trinajstić information content (AvgIpc) is 3.37. The van der Waals surface area contributed by atoms with E-state index in [1.54, 1.807) is 0 Å². The Morgan fingerprint density at radius 2 is 2.14 bits per heavy atom. The maximum absolute atomic E-state index is 6.06. The van der Waals surface area contributed by atoms with Gasteiger partial charge >= 0.3 is 0 Å². The SMILES string of the molecule is CCOC1CC(NC(=NC)NC2CCCN(c3cnn(C)c3)C2)C12CCCC2. The van der Waals surface area contributed by atoms with Crippen molar-refractivity contribution in [2.24, 2.45) is 17.5 Å². The van der Waals surface area contributed by atoms with Gasteiger partial charge in [0, 0.05) is 57.5 Å². The van der Waals surface area contributed by atoms with Crippen LogP contribution in [0.4, 0.5) is 5.69 Å². The van der Waals surface area contributed by atoms with Crippen molar-refractivity contribution in [3.05, 3.63) is 12.4 Å². The lowest BCUT2D eigenvalue weighted by Gasteiger charge is -2.54. The van der Waals surface area contributed by atoms with Gasteiger partial charge in [0.2, 0.25) is 0 Å². The van der Waals surface area contributed by atoms with Crippen molar-refractivity contribution in [2.75, 3.05) is 31.6 Å². The number of piperidine rings is 1. The second kappa shape index (κ2) is 8.31. The number of hydrogen-bond acceptors (Lipinski definition) is 4. The van der Waals surface area contributed by atoms with E-state index in [-0.39, 0.29) is 0 Å². The van der Waals surface area contributed by atoms with Gasteiger partial charge in [-0.15, -0.1) is 0 Å². The van der Waals surface area contributed by atoms with Crippen LogP contribution in [0.1, 0.15) is 51.9 Å². The molecule has 2 aliphatic carbocycles. The Morgan fingerprint density at radius 1 is 1.32 bits per heavy atom. The average molecular weight is 389 g/mol. The molecule has 1 aromatic heterocycles. The van der Waals surface area contributed by atoms with Crippen LogP contribution in [0.5, 0.6) is 0 Å². The minimum Gasteiger partial charge on any atom is -0.378 e. The molecule has 0 radical (unpaired) electrons. The maximum Gasteiger partial charge on any atom is 0.191 e. The summed E-state index contributed by atoms with van der Waals surface area (Å²) in [5.74, 6) is 0.948. The first-order valence-corrected chi connectivity index (χ1v) is 11.0. The van der Waals surface area contributed by atoms with Gasteiger partial charge in [0.25, 0.3) is 0 Å². The number of hydrogen-bond donors (Lipinski definition) is 2. The molecule has 1 aliphatic heterocycles. The van der Waals surface area contributed by atoms with Crippen molar-refractivity contribution < 1.29 is 4.74 Å². The molecule has 0 amide bonds. The van der Waals surface area contributed by atoms with Crippen LogP contribution in [0.25, 0.3) is 0 Å². The lowest BCUT2D eigenvalue weighted by molar-refractivity contribution is -0.125. The number of rotatable bonds is 5.